The Labute approximate surface area is 122 Å². The van der Waals surface area contributed by atoms with E-state index in [0.29, 0.717) is 22.8 Å². The van der Waals surface area contributed by atoms with E-state index in [1.54, 1.807) is 24.3 Å². The van der Waals surface area contributed by atoms with Gasteiger partial charge in [0, 0.05) is 11.6 Å². The lowest BCUT2D eigenvalue weighted by Crippen LogP contribution is -2.17. The molecule has 0 bridgehead atoms. The lowest BCUT2D eigenvalue weighted by molar-refractivity contribution is 0.0954. The van der Waals surface area contributed by atoms with E-state index >= 15 is 0 Å². The number of furan rings is 1. The number of carbonyl (C=O) groups excluding carboxylic acids is 1. The Kier molecular flexibility index (Phi) is 4.61. The molecule has 1 heterocycles. The quantitative estimate of drug-likeness (QED) is 0.677. The highest BCUT2D eigenvalue weighted by Gasteiger charge is 2.09. The van der Waals surface area contributed by atoms with E-state index in [4.69, 9.17) is 13.9 Å². The molecule has 6 heteroatoms. The van der Waals surface area contributed by atoms with Crippen molar-refractivity contribution in [2.24, 2.45) is 5.10 Å². The molecule has 110 valence electrons. The highest BCUT2D eigenvalue weighted by molar-refractivity contribution is 5.95. The minimum atomic E-state index is -0.369. The van der Waals surface area contributed by atoms with Crippen LogP contribution in [0.25, 0.3) is 0 Å². The fraction of sp³-hybridized carbons (Fsp3) is 0.200. The molecule has 21 heavy (non-hydrogen) atoms. The smallest absolute Gasteiger partial charge is 0.271 e. The predicted octanol–water partition coefficient (Wildman–Crippen LogP) is 2.37. The molecule has 1 aromatic heterocycles. The molecule has 2 rings (SSSR count). The first kappa shape index (κ1) is 14.6. The molecule has 0 aliphatic heterocycles. The normalized spacial score (nSPS) is 10.6. The fourth-order valence-electron chi connectivity index (χ4n) is 1.68. The zero-order valence-corrected chi connectivity index (χ0v) is 12.0. The summed E-state index contributed by atoms with van der Waals surface area (Å²) in [7, 11) is 3.04. The third-order valence-electron chi connectivity index (χ3n) is 2.73. The maximum atomic E-state index is 12.0. The number of methoxy groups -OCH3 is 2. The third kappa shape index (κ3) is 3.85. The van der Waals surface area contributed by atoms with Gasteiger partial charge in [0.15, 0.2) is 0 Å². The average Bonchev–Trinajstić information content (AvgIpc) is 2.92. The number of hydrogen-bond acceptors (Lipinski definition) is 5. The summed E-state index contributed by atoms with van der Waals surface area (Å²) in [6, 6.07) is 8.47. The summed E-state index contributed by atoms with van der Waals surface area (Å²) in [6.07, 6.45) is 1.43. The van der Waals surface area contributed by atoms with Crippen LogP contribution < -0.4 is 14.9 Å². The van der Waals surface area contributed by atoms with Gasteiger partial charge in [-0.15, -0.1) is 0 Å². The molecule has 6 nitrogen and oxygen atoms in total. The molecular formula is C15H16N2O4. The van der Waals surface area contributed by atoms with E-state index in [2.05, 4.69) is 10.5 Å². The maximum Gasteiger partial charge on any atom is 0.271 e. The van der Waals surface area contributed by atoms with Crippen molar-refractivity contribution < 1.29 is 18.7 Å². The molecule has 0 fully saturated rings. The van der Waals surface area contributed by atoms with Gasteiger partial charge in [0.1, 0.15) is 23.0 Å². The van der Waals surface area contributed by atoms with E-state index in [0.717, 1.165) is 5.76 Å². The number of ether oxygens (including phenoxy) is 2. The molecule has 0 aliphatic carbocycles. The van der Waals surface area contributed by atoms with Crippen LogP contribution in [-0.4, -0.2) is 26.3 Å². The van der Waals surface area contributed by atoms with Crippen LogP contribution in [0, 0.1) is 6.92 Å². The fourth-order valence-corrected chi connectivity index (χ4v) is 1.68. The summed E-state index contributed by atoms with van der Waals surface area (Å²) in [4.78, 5) is 12.0. The van der Waals surface area contributed by atoms with Gasteiger partial charge < -0.3 is 13.9 Å². The lowest BCUT2D eigenvalue weighted by Gasteiger charge is -2.07. The first-order chi connectivity index (χ1) is 10.1. The largest absolute Gasteiger partial charge is 0.497 e. The molecule has 0 aliphatic rings. The van der Waals surface area contributed by atoms with Gasteiger partial charge in [-0.1, -0.05) is 0 Å². The Hall–Kier alpha value is -2.76. The van der Waals surface area contributed by atoms with E-state index in [1.165, 1.54) is 20.4 Å². The monoisotopic (exact) mass is 288 g/mol. The predicted molar refractivity (Wildman–Crippen MR) is 78.1 cm³/mol. The molecule has 0 saturated heterocycles. The number of hydrogen-bond donors (Lipinski definition) is 1. The van der Waals surface area contributed by atoms with Gasteiger partial charge in [-0.25, -0.2) is 5.43 Å². The SMILES string of the molecule is COc1cc(OC)cc(C(=O)N/N=C/c2ccc(C)o2)c1. The van der Waals surface area contributed by atoms with Crippen LogP contribution in [0.3, 0.4) is 0 Å². The molecule has 1 N–H and O–H groups in total. The Bertz CT molecular complexity index is 639. The van der Waals surface area contributed by atoms with Crippen molar-refractivity contribution in [3.05, 3.63) is 47.4 Å². The van der Waals surface area contributed by atoms with Crippen LogP contribution in [0.15, 0.2) is 39.9 Å². The summed E-state index contributed by atoms with van der Waals surface area (Å²) < 4.78 is 15.5. The first-order valence-electron chi connectivity index (χ1n) is 6.25. The molecule has 0 saturated carbocycles. The maximum absolute atomic E-state index is 12.0. The van der Waals surface area contributed by atoms with Crippen molar-refractivity contribution in [2.45, 2.75) is 6.92 Å². The zero-order valence-electron chi connectivity index (χ0n) is 12.0. The molecular weight excluding hydrogens is 272 g/mol. The lowest BCUT2D eigenvalue weighted by atomic mass is 10.2. The van der Waals surface area contributed by atoms with Gasteiger partial charge in [0.05, 0.1) is 20.4 Å². The molecule has 0 spiro atoms. The second kappa shape index (κ2) is 6.60. The molecule has 0 atom stereocenters. The van der Waals surface area contributed by atoms with Crippen LogP contribution in [-0.2, 0) is 0 Å². The van der Waals surface area contributed by atoms with Gasteiger partial charge in [-0.3, -0.25) is 4.79 Å². The Balaban J connectivity index is 2.07. The van der Waals surface area contributed by atoms with Crippen molar-refractivity contribution in [1.29, 1.82) is 0 Å². The number of nitrogens with one attached hydrogen (secondary N) is 1. The van der Waals surface area contributed by atoms with Crippen LogP contribution in [0.2, 0.25) is 0 Å². The number of hydrazone groups is 1. The van der Waals surface area contributed by atoms with Gasteiger partial charge in [0.2, 0.25) is 0 Å². The Morgan fingerprint density at radius 1 is 1.19 bits per heavy atom. The molecule has 2 aromatic rings. The number of carbonyl (C=O) groups is 1. The standard InChI is InChI=1S/C15H16N2O4/c1-10-4-5-12(21-10)9-16-17-15(18)11-6-13(19-2)8-14(7-11)20-3/h4-9H,1-3H3,(H,17,18)/b16-9+. The van der Waals surface area contributed by atoms with Gasteiger partial charge in [0.25, 0.3) is 5.91 Å². The topological polar surface area (TPSA) is 73.1 Å². The minimum absolute atomic E-state index is 0.369. The van der Waals surface area contributed by atoms with Crippen LogP contribution >= 0.6 is 0 Å². The first-order valence-corrected chi connectivity index (χ1v) is 6.25. The highest BCUT2D eigenvalue weighted by atomic mass is 16.5. The van der Waals surface area contributed by atoms with Gasteiger partial charge >= 0.3 is 0 Å². The van der Waals surface area contributed by atoms with Crippen molar-refractivity contribution in [3.63, 3.8) is 0 Å². The summed E-state index contributed by atoms with van der Waals surface area (Å²) in [5.74, 6) is 2.04. The van der Waals surface area contributed by atoms with Crippen LogP contribution in [0.1, 0.15) is 21.9 Å². The van der Waals surface area contributed by atoms with Crippen molar-refractivity contribution in [1.82, 2.24) is 5.43 Å². The molecule has 0 radical (unpaired) electrons. The molecule has 1 aromatic carbocycles. The Morgan fingerprint density at radius 3 is 2.38 bits per heavy atom. The second-order valence-corrected chi connectivity index (χ2v) is 4.25. The van der Waals surface area contributed by atoms with E-state index < -0.39 is 0 Å². The third-order valence-corrected chi connectivity index (χ3v) is 2.73. The average molecular weight is 288 g/mol. The van der Waals surface area contributed by atoms with E-state index in [9.17, 15) is 4.79 Å². The zero-order chi connectivity index (χ0) is 15.2. The summed E-state index contributed by atoms with van der Waals surface area (Å²) in [6.45, 7) is 1.83. The summed E-state index contributed by atoms with van der Waals surface area (Å²) in [5, 5.41) is 3.84. The van der Waals surface area contributed by atoms with E-state index in [-0.39, 0.29) is 5.91 Å². The minimum Gasteiger partial charge on any atom is -0.497 e. The number of nitrogens with zero attached hydrogens (tertiary/aromatic N) is 1. The number of rotatable bonds is 5. The van der Waals surface area contributed by atoms with Crippen LogP contribution in [0.5, 0.6) is 11.5 Å². The number of aryl methyl sites for hydroxylation is 1. The molecule has 0 unspecified atom stereocenters. The van der Waals surface area contributed by atoms with Crippen molar-refractivity contribution >= 4 is 12.1 Å². The van der Waals surface area contributed by atoms with E-state index in [1.807, 2.05) is 13.0 Å². The van der Waals surface area contributed by atoms with Crippen molar-refractivity contribution in [3.8, 4) is 11.5 Å². The Morgan fingerprint density at radius 2 is 1.86 bits per heavy atom. The molecule has 1 amide bonds. The van der Waals surface area contributed by atoms with Gasteiger partial charge in [-0.2, -0.15) is 5.10 Å². The van der Waals surface area contributed by atoms with Crippen molar-refractivity contribution in [2.75, 3.05) is 14.2 Å². The summed E-state index contributed by atoms with van der Waals surface area (Å²) in [5.41, 5.74) is 2.81. The number of benzene rings is 1. The second-order valence-electron chi connectivity index (χ2n) is 4.25. The summed E-state index contributed by atoms with van der Waals surface area (Å²) >= 11 is 0. The highest BCUT2D eigenvalue weighted by Crippen LogP contribution is 2.22. The number of amides is 1. The van der Waals surface area contributed by atoms with Gasteiger partial charge in [-0.05, 0) is 31.2 Å². The van der Waals surface area contributed by atoms with Crippen LogP contribution in [0.4, 0.5) is 0 Å².